The minimum atomic E-state index is -0.505. The van der Waals surface area contributed by atoms with Crippen LogP contribution in [0.25, 0.3) is 5.69 Å². The van der Waals surface area contributed by atoms with Crippen LogP contribution in [-0.2, 0) is 4.79 Å². The molecule has 1 heterocycles. The smallest absolute Gasteiger partial charge is 0.273 e. The van der Waals surface area contributed by atoms with Crippen molar-refractivity contribution in [2.45, 2.75) is 20.3 Å². The Morgan fingerprint density at radius 2 is 1.90 bits per heavy atom. The molecule has 2 aromatic rings. The fourth-order valence-electron chi connectivity index (χ4n) is 1.67. The third kappa shape index (κ3) is 4.13. The van der Waals surface area contributed by atoms with Gasteiger partial charge in [0.15, 0.2) is 5.69 Å². The van der Waals surface area contributed by atoms with E-state index in [1.807, 2.05) is 44.2 Å². The number of aromatic nitrogens is 3. The second-order valence-corrected chi connectivity index (χ2v) is 4.96. The van der Waals surface area contributed by atoms with Crippen LogP contribution in [0.1, 0.15) is 30.8 Å². The van der Waals surface area contributed by atoms with Crippen LogP contribution in [0.15, 0.2) is 36.5 Å². The number of hydrogen-bond donors (Lipinski definition) is 2. The Kier molecular flexibility index (Phi) is 4.65. The van der Waals surface area contributed by atoms with Gasteiger partial charge in [0.2, 0.25) is 5.91 Å². The number of nitrogens with one attached hydrogen (secondary N) is 2. The summed E-state index contributed by atoms with van der Waals surface area (Å²) < 4.78 is 0. The van der Waals surface area contributed by atoms with Crippen LogP contribution in [0, 0.1) is 5.92 Å². The number of amides is 2. The Hall–Kier alpha value is -2.70. The second-order valence-electron chi connectivity index (χ2n) is 4.96. The summed E-state index contributed by atoms with van der Waals surface area (Å²) in [5.74, 6) is -0.524. The highest BCUT2D eigenvalue weighted by Crippen LogP contribution is 2.04. The molecule has 0 aliphatic rings. The standard InChI is InChI=1S/C14H17N5O2/c1-10(2)8-13(20)16-17-14(21)12-9-15-19(18-12)11-6-4-3-5-7-11/h3-7,9-10H,8H2,1-2H3,(H,16,20)(H,17,21). The SMILES string of the molecule is CC(C)CC(=O)NNC(=O)c1cnn(-c2ccccc2)n1. The molecule has 110 valence electrons. The summed E-state index contributed by atoms with van der Waals surface area (Å²) in [4.78, 5) is 24.6. The molecule has 0 radical (unpaired) electrons. The summed E-state index contributed by atoms with van der Waals surface area (Å²) in [6.07, 6.45) is 1.69. The van der Waals surface area contributed by atoms with E-state index >= 15 is 0 Å². The van der Waals surface area contributed by atoms with Gasteiger partial charge >= 0.3 is 0 Å². The number of hydrazine groups is 1. The summed E-state index contributed by atoms with van der Waals surface area (Å²) >= 11 is 0. The lowest BCUT2D eigenvalue weighted by Gasteiger charge is -2.07. The summed E-state index contributed by atoms with van der Waals surface area (Å²) in [5.41, 5.74) is 5.54. The maximum Gasteiger partial charge on any atom is 0.291 e. The van der Waals surface area contributed by atoms with E-state index in [9.17, 15) is 9.59 Å². The van der Waals surface area contributed by atoms with Crippen molar-refractivity contribution in [2.75, 3.05) is 0 Å². The highest BCUT2D eigenvalue weighted by molar-refractivity contribution is 5.93. The molecule has 1 aromatic heterocycles. The zero-order valence-electron chi connectivity index (χ0n) is 11.9. The molecular weight excluding hydrogens is 270 g/mol. The van der Waals surface area contributed by atoms with E-state index in [0.29, 0.717) is 6.42 Å². The van der Waals surface area contributed by atoms with Gasteiger partial charge in [-0.1, -0.05) is 32.0 Å². The Morgan fingerprint density at radius 1 is 1.19 bits per heavy atom. The predicted octanol–water partition coefficient (Wildman–Crippen LogP) is 1.07. The van der Waals surface area contributed by atoms with Crippen molar-refractivity contribution < 1.29 is 9.59 Å². The van der Waals surface area contributed by atoms with Crippen molar-refractivity contribution in [3.8, 4) is 5.69 Å². The zero-order chi connectivity index (χ0) is 15.2. The number of rotatable bonds is 4. The van der Waals surface area contributed by atoms with Crippen LogP contribution in [0.2, 0.25) is 0 Å². The van der Waals surface area contributed by atoms with Gasteiger partial charge in [0.1, 0.15) is 0 Å². The van der Waals surface area contributed by atoms with Crippen molar-refractivity contribution in [2.24, 2.45) is 5.92 Å². The normalized spacial score (nSPS) is 10.4. The third-order valence-corrected chi connectivity index (χ3v) is 2.62. The molecule has 2 N–H and O–H groups in total. The zero-order valence-corrected chi connectivity index (χ0v) is 11.9. The van der Waals surface area contributed by atoms with E-state index in [0.717, 1.165) is 5.69 Å². The van der Waals surface area contributed by atoms with Crippen molar-refractivity contribution >= 4 is 11.8 Å². The summed E-state index contributed by atoms with van der Waals surface area (Å²) in [7, 11) is 0. The van der Waals surface area contributed by atoms with Gasteiger partial charge in [0.25, 0.3) is 5.91 Å². The number of benzene rings is 1. The molecule has 0 bridgehead atoms. The Balaban J connectivity index is 1.95. The molecule has 7 heteroatoms. The predicted molar refractivity (Wildman–Crippen MR) is 76.4 cm³/mol. The molecule has 0 saturated carbocycles. The molecule has 21 heavy (non-hydrogen) atoms. The topological polar surface area (TPSA) is 88.9 Å². The highest BCUT2D eigenvalue weighted by atomic mass is 16.2. The van der Waals surface area contributed by atoms with Crippen LogP contribution >= 0.6 is 0 Å². The lowest BCUT2D eigenvalue weighted by molar-refractivity contribution is -0.122. The van der Waals surface area contributed by atoms with E-state index in [1.54, 1.807) is 0 Å². The van der Waals surface area contributed by atoms with Gasteiger partial charge in [-0.2, -0.15) is 9.90 Å². The van der Waals surface area contributed by atoms with Gasteiger partial charge in [0.05, 0.1) is 11.9 Å². The number of nitrogens with zero attached hydrogens (tertiary/aromatic N) is 3. The van der Waals surface area contributed by atoms with Gasteiger partial charge in [-0.3, -0.25) is 20.4 Å². The largest absolute Gasteiger partial charge is 0.291 e. The molecule has 0 atom stereocenters. The Bertz CT molecular complexity index is 621. The van der Waals surface area contributed by atoms with Gasteiger partial charge in [-0.25, -0.2) is 0 Å². The van der Waals surface area contributed by atoms with Gasteiger partial charge in [-0.05, 0) is 18.1 Å². The van der Waals surface area contributed by atoms with Crippen LogP contribution in [-0.4, -0.2) is 26.8 Å². The van der Waals surface area contributed by atoms with Gasteiger partial charge < -0.3 is 0 Å². The first kappa shape index (κ1) is 14.7. The van der Waals surface area contributed by atoms with Crippen molar-refractivity contribution in [3.63, 3.8) is 0 Å². The highest BCUT2D eigenvalue weighted by Gasteiger charge is 2.12. The minimum absolute atomic E-state index is 0.128. The van der Waals surface area contributed by atoms with Crippen molar-refractivity contribution in [1.82, 2.24) is 25.8 Å². The maximum absolute atomic E-state index is 11.8. The lowest BCUT2D eigenvalue weighted by Crippen LogP contribution is -2.42. The first-order chi connectivity index (χ1) is 10.1. The molecule has 0 aliphatic carbocycles. The van der Waals surface area contributed by atoms with E-state index in [4.69, 9.17) is 0 Å². The molecule has 0 fully saturated rings. The molecule has 2 amide bonds. The van der Waals surface area contributed by atoms with Crippen LogP contribution < -0.4 is 10.9 Å². The number of hydrogen-bond acceptors (Lipinski definition) is 4. The second kappa shape index (κ2) is 6.65. The molecule has 2 rings (SSSR count). The maximum atomic E-state index is 11.8. The number of carbonyl (C=O) groups is 2. The fraction of sp³-hybridized carbons (Fsp3) is 0.286. The molecule has 0 saturated heterocycles. The Labute approximate surface area is 122 Å². The average Bonchev–Trinajstić information content (AvgIpc) is 2.95. The first-order valence-corrected chi connectivity index (χ1v) is 6.63. The molecule has 0 spiro atoms. The Morgan fingerprint density at radius 3 is 2.57 bits per heavy atom. The van der Waals surface area contributed by atoms with Crippen molar-refractivity contribution in [3.05, 3.63) is 42.2 Å². The lowest BCUT2D eigenvalue weighted by atomic mass is 10.1. The van der Waals surface area contributed by atoms with Crippen LogP contribution in [0.3, 0.4) is 0 Å². The number of carbonyl (C=O) groups excluding carboxylic acids is 2. The summed E-state index contributed by atoms with van der Waals surface area (Å²) in [5, 5.41) is 8.08. The molecule has 1 aromatic carbocycles. The molecule has 0 unspecified atom stereocenters. The van der Waals surface area contributed by atoms with Crippen molar-refractivity contribution in [1.29, 1.82) is 0 Å². The van der Waals surface area contributed by atoms with E-state index in [1.165, 1.54) is 11.0 Å². The monoisotopic (exact) mass is 287 g/mol. The van der Waals surface area contributed by atoms with E-state index in [2.05, 4.69) is 21.0 Å². The fourth-order valence-corrected chi connectivity index (χ4v) is 1.67. The average molecular weight is 287 g/mol. The van der Waals surface area contributed by atoms with E-state index in [-0.39, 0.29) is 17.5 Å². The quantitative estimate of drug-likeness (QED) is 0.823. The van der Waals surface area contributed by atoms with E-state index < -0.39 is 5.91 Å². The summed E-state index contributed by atoms with van der Waals surface area (Å²) in [6.45, 7) is 3.85. The molecular formula is C14H17N5O2. The first-order valence-electron chi connectivity index (χ1n) is 6.63. The van der Waals surface area contributed by atoms with Gasteiger partial charge in [0, 0.05) is 6.42 Å². The summed E-state index contributed by atoms with van der Waals surface area (Å²) in [6, 6.07) is 9.23. The third-order valence-electron chi connectivity index (χ3n) is 2.62. The van der Waals surface area contributed by atoms with Crippen LogP contribution in [0.5, 0.6) is 0 Å². The van der Waals surface area contributed by atoms with Crippen LogP contribution in [0.4, 0.5) is 0 Å². The molecule has 0 aliphatic heterocycles. The van der Waals surface area contributed by atoms with Gasteiger partial charge in [-0.15, -0.1) is 5.10 Å². The number of para-hydroxylation sites is 1. The minimum Gasteiger partial charge on any atom is -0.273 e. The molecule has 7 nitrogen and oxygen atoms in total.